The average Bonchev–Trinajstić information content (AvgIpc) is 2.22. The standard InChI is InChI=1S/C11H11ClN2S/c1-8-6-11(14-7-13-8)15-10-4-2-9(12)3-5-10/h2-4,6-7,10H,5H2,1H3. The van der Waals surface area contributed by atoms with Crippen LogP contribution in [0.2, 0.25) is 0 Å². The van der Waals surface area contributed by atoms with E-state index >= 15 is 0 Å². The van der Waals surface area contributed by atoms with Gasteiger partial charge in [-0.1, -0.05) is 35.5 Å². The number of rotatable bonds is 2. The normalized spacial score (nSPS) is 20.1. The third kappa shape index (κ3) is 3.08. The van der Waals surface area contributed by atoms with Crippen LogP contribution in [0.1, 0.15) is 12.1 Å². The maximum atomic E-state index is 5.85. The summed E-state index contributed by atoms with van der Waals surface area (Å²) in [6.07, 6.45) is 8.66. The minimum absolute atomic E-state index is 0.432. The maximum Gasteiger partial charge on any atom is 0.116 e. The van der Waals surface area contributed by atoms with Crippen molar-refractivity contribution in [3.8, 4) is 0 Å². The van der Waals surface area contributed by atoms with Crippen LogP contribution in [-0.2, 0) is 0 Å². The number of hydrogen-bond acceptors (Lipinski definition) is 3. The largest absolute Gasteiger partial charge is 0.242 e. The summed E-state index contributed by atoms with van der Waals surface area (Å²) in [7, 11) is 0. The van der Waals surface area contributed by atoms with Gasteiger partial charge in [0, 0.05) is 16.0 Å². The van der Waals surface area contributed by atoms with Gasteiger partial charge >= 0.3 is 0 Å². The first kappa shape index (κ1) is 10.7. The fourth-order valence-electron chi connectivity index (χ4n) is 1.31. The predicted octanol–water partition coefficient (Wildman–Crippen LogP) is 3.33. The lowest BCUT2D eigenvalue weighted by Gasteiger charge is -2.12. The second-order valence-electron chi connectivity index (χ2n) is 3.34. The minimum Gasteiger partial charge on any atom is -0.242 e. The molecule has 2 rings (SSSR count). The summed E-state index contributed by atoms with van der Waals surface area (Å²) in [4.78, 5) is 8.29. The molecule has 1 unspecified atom stereocenters. The molecule has 1 aromatic heterocycles. The van der Waals surface area contributed by atoms with Gasteiger partial charge in [0.2, 0.25) is 0 Å². The van der Waals surface area contributed by atoms with Gasteiger partial charge in [-0.2, -0.15) is 0 Å². The lowest BCUT2D eigenvalue weighted by molar-refractivity contribution is 0.987. The molecule has 78 valence electrons. The predicted molar refractivity (Wildman–Crippen MR) is 64.1 cm³/mol. The molecule has 0 radical (unpaired) electrons. The van der Waals surface area contributed by atoms with Gasteiger partial charge in [0.05, 0.1) is 0 Å². The highest BCUT2D eigenvalue weighted by Gasteiger charge is 2.10. The van der Waals surface area contributed by atoms with E-state index in [1.165, 1.54) is 0 Å². The Labute approximate surface area is 98.5 Å². The maximum absolute atomic E-state index is 5.85. The molecule has 0 aromatic carbocycles. The highest BCUT2D eigenvalue weighted by Crippen LogP contribution is 2.28. The van der Waals surface area contributed by atoms with Crippen LogP contribution in [0.25, 0.3) is 0 Å². The van der Waals surface area contributed by atoms with Gasteiger partial charge in [0.15, 0.2) is 0 Å². The van der Waals surface area contributed by atoms with Crippen molar-refractivity contribution in [2.45, 2.75) is 23.6 Å². The van der Waals surface area contributed by atoms with Gasteiger partial charge in [0.25, 0.3) is 0 Å². The molecule has 1 heterocycles. The van der Waals surface area contributed by atoms with E-state index in [1.807, 2.05) is 25.1 Å². The van der Waals surface area contributed by atoms with Gasteiger partial charge in [-0.05, 0) is 25.5 Å². The second-order valence-corrected chi connectivity index (χ2v) is 5.03. The zero-order valence-corrected chi connectivity index (χ0v) is 9.92. The Morgan fingerprint density at radius 1 is 1.47 bits per heavy atom. The quantitative estimate of drug-likeness (QED) is 0.740. The first-order valence-corrected chi connectivity index (χ1v) is 5.99. The lowest BCUT2D eigenvalue weighted by Crippen LogP contribution is -2.01. The smallest absolute Gasteiger partial charge is 0.116 e. The number of aryl methyl sites for hydroxylation is 1. The molecule has 0 saturated heterocycles. The Kier molecular flexibility index (Phi) is 3.44. The second kappa shape index (κ2) is 4.81. The Hall–Kier alpha value is -0.800. The van der Waals surface area contributed by atoms with E-state index in [-0.39, 0.29) is 0 Å². The van der Waals surface area contributed by atoms with Gasteiger partial charge in [-0.3, -0.25) is 0 Å². The van der Waals surface area contributed by atoms with E-state index in [2.05, 4.69) is 16.0 Å². The fourth-order valence-corrected chi connectivity index (χ4v) is 2.48. The van der Waals surface area contributed by atoms with E-state index in [0.29, 0.717) is 5.25 Å². The molecule has 1 aliphatic rings. The van der Waals surface area contributed by atoms with E-state index in [1.54, 1.807) is 18.1 Å². The fraction of sp³-hybridized carbons (Fsp3) is 0.273. The molecule has 0 aliphatic heterocycles. The first-order chi connectivity index (χ1) is 7.24. The summed E-state index contributed by atoms with van der Waals surface area (Å²) >= 11 is 7.59. The van der Waals surface area contributed by atoms with Crippen molar-refractivity contribution >= 4 is 23.4 Å². The zero-order valence-electron chi connectivity index (χ0n) is 8.35. The summed E-state index contributed by atoms with van der Waals surface area (Å²) in [6, 6.07) is 2.00. The molecule has 2 nitrogen and oxygen atoms in total. The van der Waals surface area contributed by atoms with Crippen LogP contribution in [0, 0.1) is 6.92 Å². The van der Waals surface area contributed by atoms with Crippen LogP contribution in [0.5, 0.6) is 0 Å². The van der Waals surface area contributed by atoms with Crippen molar-refractivity contribution < 1.29 is 0 Å². The van der Waals surface area contributed by atoms with Gasteiger partial charge in [-0.25, -0.2) is 9.97 Å². The number of allylic oxidation sites excluding steroid dienone is 3. The van der Waals surface area contributed by atoms with Gasteiger partial charge in [0.1, 0.15) is 11.4 Å². The van der Waals surface area contributed by atoms with Crippen molar-refractivity contribution in [3.05, 3.63) is 41.3 Å². The van der Waals surface area contributed by atoms with E-state index in [4.69, 9.17) is 11.6 Å². The topological polar surface area (TPSA) is 25.8 Å². The molecule has 15 heavy (non-hydrogen) atoms. The monoisotopic (exact) mass is 238 g/mol. The Balaban J connectivity index is 2.02. The lowest BCUT2D eigenvalue weighted by atomic mass is 10.2. The molecular formula is C11H11ClN2S. The first-order valence-electron chi connectivity index (χ1n) is 4.73. The summed E-state index contributed by atoms with van der Waals surface area (Å²) in [5.41, 5.74) is 1.00. The third-order valence-corrected chi connectivity index (χ3v) is 3.46. The molecule has 1 aliphatic carbocycles. The van der Waals surface area contributed by atoms with Crippen molar-refractivity contribution in [1.29, 1.82) is 0 Å². The average molecular weight is 239 g/mol. The molecule has 1 atom stereocenters. The highest BCUT2D eigenvalue weighted by molar-refractivity contribution is 8.00. The van der Waals surface area contributed by atoms with Crippen molar-refractivity contribution in [1.82, 2.24) is 9.97 Å². The van der Waals surface area contributed by atoms with Crippen LogP contribution in [0.15, 0.2) is 40.7 Å². The molecule has 0 saturated carbocycles. The Morgan fingerprint density at radius 3 is 3.00 bits per heavy atom. The molecule has 0 N–H and O–H groups in total. The molecule has 0 bridgehead atoms. The summed E-state index contributed by atoms with van der Waals surface area (Å²) < 4.78 is 0. The van der Waals surface area contributed by atoms with Crippen molar-refractivity contribution in [2.24, 2.45) is 0 Å². The Bertz CT molecular complexity index is 415. The van der Waals surface area contributed by atoms with E-state index in [0.717, 1.165) is 22.2 Å². The number of nitrogens with zero attached hydrogens (tertiary/aromatic N) is 2. The zero-order chi connectivity index (χ0) is 10.7. The molecular weight excluding hydrogens is 228 g/mol. The SMILES string of the molecule is Cc1cc(SC2C=CC(Cl)=CC2)ncn1. The molecule has 1 aromatic rings. The van der Waals surface area contributed by atoms with Crippen LogP contribution < -0.4 is 0 Å². The van der Waals surface area contributed by atoms with Crippen molar-refractivity contribution in [3.63, 3.8) is 0 Å². The van der Waals surface area contributed by atoms with Crippen LogP contribution in [0.3, 0.4) is 0 Å². The molecule has 4 heteroatoms. The molecule has 0 spiro atoms. The minimum atomic E-state index is 0.432. The number of halogens is 1. The summed E-state index contributed by atoms with van der Waals surface area (Å²) in [6.45, 7) is 1.97. The molecule has 0 fully saturated rings. The van der Waals surface area contributed by atoms with E-state index in [9.17, 15) is 0 Å². The van der Waals surface area contributed by atoms with Crippen LogP contribution >= 0.6 is 23.4 Å². The van der Waals surface area contributed by atoms with Gasteiger partial charge < -0.3 is 0 Å². The van der Waals surface area contributed by atoms with E-state index < -0.39 is 0 Å². The van der Waals surface area contributed by atoms with Crippen LogP contribution in [0.4, 0.5) is 0 Å². The van der Waals surface area contributed by atoms with Crippen molar-refractivity contribution in [2.75, 3.05) is 0 Å². The summed E-state index contributed by atoms with van der Waals surface area (Å²) in [5.74, 6) is 0. The highest BCUT2D eigenvalue weighted by atomic mass is 35.5. The number of thioether (sulfide) groups is 1. The summed E-state index contributed by atoms with van der Waals surface area (Å²) in [5, 5.41) is 2.27. The molecule has 0 amide bonds. The Morgan fingerprint density at radius 2 is 2.33 bits per heavy atom. The van der Waals surface area contributed by atoms with Gasteiger partial charge in [-0.15, -0.1) is 0 Å². The third-order valence-electron chi connectivity index (χ3n) is 2.07. The number of hydrogen-bond donors (Lipinski definition) is 0. The van der Waals surface area contributed by atoms with Crippen LogP contribution in [-0.4, -0.2) is 15.2 Å². The number of aromatic nitrogens is 2.